The standard InChI is InChI=1S/C16H9BrCl3N3O2S/c17-10-4-2-1-3-9(10)15-22-23-16(25-15)26-7-13(24)21-14-11(19)5-8(18)6-12(14)20/h1-6H,7H2,(H,21,24). The van der Waals surface area contributed by atoms with Gasteiger partial charge in [0.15, 0.2) is 0 Å². The van der Waals surface area contributed by atoms with Crippen LogP contribution < -0.4 is 5.32 Å². The van der Waals surface area contributed by atoms with Crippen molar-refractivity contribution in [3.8, 4) is 11.5 Å². The van der Waals surface area contributed by atoms with Crippen LogP contribution in [-0.4, -0.2) is 21.9 Å². The number of nitrogens with zero attached hydrogens (tertiary/aromatic N) is 2. The number of thioether (sulfide) groups is 1. The second-order valence-corrected chi connectivity index (χ2v) is 7.97. The number of anilines is 1. The van der Waals surface area contributed by atoms with Crippen molar-refractivity contribution >= 4 is 74.1 Å². The fourth-order valence-corrected chi connectivity index (χ4v) is 3.90. The van der Waals surface area contributed by atoms with E-state index in [1.807, 2.05) is 24.3 Å². The molecule has 0 fully saturated rings. The fraction of sp³-hybridized carbons (Fsp3) is 0.0625. The summed E-state index contributed by atoms with van der Waals surface area (Å²) in [4.78, 5) is 12.1. The van der Waals surface area contributed by atoms with Gasteiger partial charge in [-0.05, 0) is 40.2 Å². The van der Waals surface area contributed by atoms with Crippen molar-refractivity contribution < 1.29 is 9.21 Å². The molecular formula is C16H9BrCl3N3O2S. The summed E-state index contributed by atoms with van der Waals surface area (Å²) < 4.78 is 6.41. The highest BCUT2D eigenvalue weighted by Crippen LogP contribution is 2.34. The van der Waals surface area contributed by atoms with Crippen molar-refractivity contribution in [1.29, 1.82) is 0 Å². The largest absolute Gasteiger partial charge is 0.411 e. The van der Waals surface area contributed by atoms with Crippen molar-refractivity contribution in [2.24, 2.45) is 0 Å². The third-order valence-electron chi connectivity index (χ3n) is 3.11. The average Bonchev–Trinajstić information content (AvgIpc) is 3.05. The maximum atomic E-state index is 12.1. The highest BCUT2D eigenvalue weighted by molar-refractivity contribution is 9.10. The van der Waals surface area contributed by atoms with Gasteiger partial charge in [0.1, 0.15) is 0 Å². The number of halogens is 4. The number of hydrogen-bond acceptors (Lipinski definition) is 5. The van der Waals surface area contributed by atoms with Gasteiger partial charge < -0.3 is 9.73 Å². The molecule has 0 bridgehead atoms. The van der Waals surface area contributed by atoms with E-state index in [0.29, 0.717) is 16.6 Å². The van der Waals surface area contributed by atoms with Crippen LogP contribution in [0.4, 0.5) is 5.69 Å². The highest BCUT2D eigenvalue weighted by atomic mass is 79.9. The summed E-state index contributed by atoms with van der Waals surface area (Å²) in [7, 11) is 0. The summed E-state index contributed by atoms with van der Waals surface area (Å²) in [6.07, 6.45) is 0. The van der Waals surface area contributed by atoms with E-state index in [1.165, 1.54) is 12.1 Å². The van der Waals surface area contributed by atoms with Crippen LogP contribution >= 0.6 is 62.5 Å². The Hall–Kier alpha value is -1.25. The molecular weight excluding hydrogens is 485 g/mol. The van der Waals surface area contributed by atoms with Gasteiger partial charge in [-0.2, -0.15) is 0 Å². The van der Waals surface area contributed by atoms with E-state index in [9.17, 15) is 4.79 Å². The molecule has 134 valence electrons. The zero-order valence-electron chi connectivity index (χ0n) is 12.8. The van der Waals surface area contributed by atoms with E-state index in [-0.39, 0.29) is 26.9 Å². The van der Waals surface area contributed by atoms with E-state index in [4.69, 9.17) is 39.2 Å². The first kappa shape index (κ1) is 19.5. The predicted octanol–water partition coefficient (Wildman–Crippen LogP) is 6.19. The number of aromatic nitrogens is 2. The molecule has 1 amide bonds. The van der Waals surface area contributed by atoms with Crippen LogP contribution in [0.25, 0.3) is 11.5 Å². The summed E-state index contributed by atoms with van der Waals surface area (Å²) in [5.74, 6) is 0.0957. The number of amides is 1. The Balaban J connectivity index is 1.63. The number of nitrogens with one attached hydrogen (secondary N) is 1. The quantitative estimate of drug-likeness (QED) is 0.429. The van der Waals surface area contributed by atoms with Gasteiger partial charge in [0.05, 0.1) is 27.0 Å². The topological polar surface area (TPSA) is 68.0 Å². The van der Waals surface area contributed by atoms with Crippen LogP contribution in [0.15, 0.2) is 50.5 Å². The van der Waals surface area contributed by atoms with E-state index in [1.54, 1.807) is 0 Å². The van der Waals surface area contributed by atoms with Crippen LogP contribution in [0, 0.1) is 0 Å². The molecule has 0 saturated heterocycles. The lowest BCUT2D eigenvalue weighted by molar-refractivity contribution is -0.113. The molecule has 0 saturated carbocycles. The Morgan fingerprint density at radius 3 is 2.54 bits per heavy atom. The molecule has 5 nitrogen and oxygen atoms in total. The molecule has 0 spiro atoms. The van der Waals surface area contributed by atoms with Gasteiger partial charge in [-0.15, -0.1) is 10.2 Å². The third-order valence-corrected chi connectivity index (χ3v) is 5.43. The lowest BCUT2D eigenvalue weighted by Crippen LogP contribution is -2.14. The third kappa shape index (κ3) is 4.72. The maximum Gasteiger partial charge on any atom is 0.277 e. The van der Waals surface area contributed by atoms with Crippen LogP contribution in [0.3, 0.4) is 0 Å². The average molecular weight is 494 g/mol. The van der Waals surface area contributed by atoms with E-state index >= 15 is 0 Å². The van der Waals surface area contributed by atoms with Crippen molar-refractivity contribution in [2.75, 3.05) is 11.1 Å². The van der Waals surface area contributed by atoms with E-state index < -0.39 is 0 Å². The van der Waals surface area contributed by atoms with Crippen molar-refractivity contribution in [2.45, 2.75) is 5.22 Å². The summed E-state index contributed by atoms with van der Waals surface area (Å²) in [6, 6.07) is 10.5. The van der Waals surface area contributed by atoms with Gasteiger partial charge in [-0.25, -0.2) is 0 Å². The molecule has 2 aromatic carbocycles. The zero-order valence-corrected chi connectivity index (χ0v) is 17.5. The van der Waals surface area contributed by atoms with Gasteiger partial charge in [0.25, 0.3) is 5.22 Å². The number of benzene rings is 2. The van der Waals surface area contributed by atoms with Gasteiger partial charge in [-0.1, -0.05) is 58.7 Å². The number of rotatable bonds is 5. The van der Waals surface area contributed by atoms with Gasteiger partial charge in [-0.3, -0.25) is 4.79 Å². The van der Waals surface area contributed by atoms with E-state index in [0.717, 1.165) is 21.8 Å². The van der Waals surface area contributed by atoms with Crippen LogP contribution in [0.1, 0.15) is 0 Å². The molecule has 10 heteroatoms. The fourth-order valence-electron chi connectivity index (χ4n) is 1.98. The first-order chi connectivity index (χ1) is 12.4. The summed E-state index contributed by atoms with van der Waals surface area (Å²) >= 11 is 22.5. The molecule has 0 aliphatic rings. The molecule has 1 heterocycles. The Labute approximate surface area is 176 Å². The Bertz CT molecular complexity index is 944. The Morgan fingerprint density at radius 2 is 1.85 bits per heavy atom. The number of carbonyl (C=O) groups excluding carboxylic acids is 1. The molecule has 3 aromatic rings. The highest BCUT2D eigenvalue weighted by Gasteiger charge is 2.15. The molecule has 0 aliphatic heterocycles. The normalized spacial score (nSPS) is 10.8. The first-order valence-corrected chi connectivity index (χ1v) is 10.0. The lowest BCUT2D eigenvalue weighted by atomic mass is 10.2. The summed E-state index contributed by atoms with van der Waals surface area (Å²) in [6.45, 7) is 0. The molecule has 0 atom stereocenters. The smallest absolute Gasteiger partial charge is 0.277 e. The zero-order chi connectivity index (χ0) is 18.7. The molecule has 0 aliphatic carbocycles. The minimum Gasteiger partial charge on any atom is -0.411 e. The molecule has 1 aromatic heterocycles. The SMILES string of the molecule is O=C(CSc1nnc(-c2ccccc2Br)o1)Nc1c(Cl)cc(Cl)cc1Cl. The number of hydrogen-bond donors (Lipinski definition) is 1. The molecule has 26 heavy (non-hydrogen) atoms. The summed E-state index contributed by atoms with van der Waals surface area (Å²) in [5.41, 5.74) is 1.08. The molecule has 0 unspecified atom stereocenters. The predicted molar refractivity (Wildman–Crippen MR) is 108 cm³/mol. The van der Waals surface area contributed by atoms with Crippen molar-refractivity contribution in [3.63, 3.8) is 0 Å². The molecule has 0 radical (unpaired) electrons. The van der Waals surface area contributed by atoms with Crippen molar-refractivity contribution in [1.82, 2.24) is 10.2 Å². The number of carbonyl (C=O) groups is 1. The van der Waals surface area contributed by atoms with Crippen molar-refractivity contribution in [3.05, 3.63) is 55.9 Å². The van der Waals surface area contributed by atoms with Gasteiger partial charge in [0.2, 0.25) is 11.8 Å². The second-order valence-electron chi connectivity index (χ2n) is 4.93. The Kier molecular flexibility index (Phi) is 6.47. The molecule has 1 N–H and O–H groups in total. The van der Waals surface area contributed by atoms with E-state index in [2.05, 4.69) is 31.4 Å². The Morgan fingerprint density at radius 1 is 1.15 bits per heavy atom. The van der Waals surface area contributed by atoms with Gasteiger partial charge >= 0.3 is 0 Å². The maximum absolute atomic E-state index is 12.1. The lowest BCUT2D eigenvalue weighted by Gasteiger charge is -2.09. The minimum absolute atomic E-state index is 0.0485. The first-order valence-electron chi connectivity index (χ1n) is 7.09. The molecule has 3 rings (SSSR count). The van der Waals surface area contributed by atoms with Crippen LogP contribution in [0.5, 0.6) is 0 Å². The summed E-state index contributed by atoms with van der Waals surface area (Å²) in [5, 5.41) is 11.8. The van der Waals surface area contributed by atoms with Crippen LogP contribution in [0.2, 0.25) is 15.1 Å². The minimum atomic E-state index is -0.318. The van der Waals surface area contributed by atoms with Crippen LogP contribution in [-0.2, 0) is 4.79 Å². The second kappa shape index (κ2) is 8.63. The van der Waals surface area contributed by atoms with Gasteiger partial charge in [0, 0.05) is 9.50 Å². The monoisotopic (exact) mass is 491 g/mol.